The molecule has 88 valence electrons. The van der Waals surface area contributed by atoms with Gasteiger partial charge in [-0.2, -0.15) is 0 Å². The predicted molar refractivity (Wildman–Crippen MR) is 66.9 cm³/mol. The van der Waals surface area contributed by atoms with Gasteiger partial charge in [-0.15, -0.1) is 0 Å². The molecule has 3 nitrogen and oxygen atoms in total. The largest absolute Gasteiger partial charge is 0.378 e. The Kier molecular flexibility index (Phi) is 3.80. The van der Waals surface area contributed by atoms with Crippen molar-refractivity contribution in [3.63, 3.8) is 0 Å². The van der Waals surface area contributed by atoms with Crippen LogP contribution in [-0.4, -0.2) is 33.4 Å². The Balaban J connectivity index is 2.14. The standard InChI is InChI=1S/C13H20N2O/c1-11(14-2)12-4-3-5-13(10-12)15-6-8-16-9-7-15/h3-5,10-11,14H,6-9H2,1-2H3. The summed E-state index contributed by atoms with van der Waals surface area (Å²) in [5.41, 5.74) is 2.65. The fourth-order valence-electron chi connectivity index (χ4n) is 1.98. The number of benzene rings is 1. The van der Waals surface area contributed by atoms with Crippen molar-refractivity contribution < 1.29 is 4.74 Å². The maximum atomic E-state index is 5.37. The summed E-state index contributed by atoms with van der Waals surface area (Å²) in [7, 11) is 1.99. The van der Waals surface area contributed by atoms with E-state index in [1.165, 1.54) is 11.3 Å². The molecule has 0 aliphatic carbocycles. The molecule has 3 heteroatoms. The van der Waals surface area contributed by atoms with E-state index < -0.39 is 0 Å². The molecule has 1 fully saturated rings. The van der Waals surface area contributed by atoms with Crippen molar-refractivity contribution in [3.05, 3.63) is 29.8 Å². The van der Waals surface area contributed by atoms with Crippen molar-refractivity contribution >= 4 is 5.69 Å². The van der Waals surface area contributed by atoms with E-state index in [1.54, 1.807) is 0 Å². The average Bonchev–Trinajstić information content (AvgIpc) is 2.39. The number of nitrogens with one attached hydrogen (secondary N) is 1. The lowest BCUT2D eigenvalue weighted by Gasteiger charge is -2.29. The van der Waals surface area contributed by atoms with Gasteiger partial charge >= 0.3 is 0 Å². The van der Waals surface area contributed by atoms with E-state index in [0.29, 0.717) is 6.04 Å². The lowest BCUT2D eigenvalue weighted by molar-refractivity contribution is 0.122. The minimum Gasteiger partial charge on any atom is -0.378 e. The van der Waals surface area contributed by atoms with Gasteiger partial charge in [0.2, 0.25) is 0 Å². The Bertz CT molecular complexity index is 334. The van der Waals surface area contributed by atoms with Crippen LogP contribution in [0.4, 0.5) is 5.69 Å². The molecule has 1 aromatic rings. The number of anilines is 1. The molecular weight excluding hydrogens is 200 g/mol. The normalized spacial score (nSPS) is 18.5. The molecule has 0 saturated carbocycles. The Hall–Kier alpha value is -1.06. The second-order valence-corrected chi connectivity index (χ2v) is 4.20. The van der Waals surface area contributed by atoms with Gasteiger partial charge in [-0.1, -0.05) is 12.1 Å². The lowest BCUT2D eigenvalue weighted by atomic mass is 10.1. The quantitative estimate of drug-likeness (QED) is 0.840. The van der Waals surface area contributed by atoms with Crippen molar-refractivity contribution in [1.29, 1.82) is 0 Å². The zero-order chi connectivity index (χ0) is 11.4. The van der Waals surface area contributed by atoms with Gasteiger partial charge in [0.25, 0.3) is 0 Å². The molecule has 0 amide bonds. The number of hydrogen-bond donors (Lipinski definition) is 1. The summed E-state index contributed by atoms with van der Waals surface area (Å²) in [5, 5.41) is 3.27. The minimum atomic E-state index is 0.404. The van der Waals surface area contributed by atoms with Crippen molar-refractivity contribution in [3.8, 4) is 0 Å². The van der Waals surface area contributed by atoms with Gasteiger partial charge in [0, 0.05) is 24.8 Å². The monoisotopic (exact) mass is 220 g/mol. The highest BCUT2D eigenvalue weighted by atomic mass is 16.5. The van der Waals surface area contributed by atoms with Gasteiger partial charge < -0.3 is 15.0 Å². The molecule has 16 heavy (non-hydrogen) atoms. The van der Waals surface area contributed by atoms with Crippen LogP contribution in [0.2, 0.25) is 0 Å². The fourth-order valence-corrected chi connectivity index (χ4v) is 1.98. The zero-order valence-corrected chi connectivity index (χ0v) is 10.1. The van der Waals surface area contributed by atoms with E-state index in [9.17, 15) is 0 Å². The first-order valence-corrected chi connectivity index (χ1v) is 5.91. The Morgan fingerprint density at radius 3 is 2.75 bits per heavy atom. The van der Waals surface area contributed by atoms with Crippen molar-refractivity contribution in [2.24, 2.45) is 0 Å². The number of nitrogens with zero attached hydrogens (tertiary/aromatic N) is 1. The second-order valence-electron chi connectivity index (χ2n) is 4.20. The Morgan fingerprint density at radius 1 is 1.31 bits per heavy atom. The Labute approximate surface area is 97.4 Å². The SMILES string of the molecule is CNC(C)c1cccc(N2CCOCC2)c1. The van der Waals surface area contributed by atoms with Gasteiger partial charge in [0.05, 0.1) is 13.2 Å². The van der Waals surface area contributed by atoms with Crippen molar-refractivity contribution in [2.75, 3.05) is 38.3 Å². The molecule has 1 saturated heterocycles. The summed E-state index contributed by atoms with van der Waals surface area (Å²) < 4.78 is 5.37. The molecule has 0 bridgehead atoms. The number of ether oxygens (including phenoxy) is 1. The zero-order valence-electron chi connectivity index (χ0n) is 10.1. The molecular formula is C13H20N2O. The van der Waals surface area contributed by atoms with E-state index >= 15 is 0 Å². The highest BCUT2D eigenvalue weighted by Gasteiger charge is 2.12. The predicted octanol–water partition coefficient (Wildman–Crippen LogP) is 1.80. The maximum Gasteiger partial charge on any atom is 0.0642 e. The molecule has 1 aliphatic rings. The molecule has 1 aromatic carbocycles. The maximum absolute atomic E-state index is 5.37. The third-order valence-corrected chi connectivity index (χ3v) is 3.18. The molecule has 0 aromatic heterocycles. The van der Waals surface area contributed by atoms with Gasteiger partial charge in [0.15, 0.2) is 0 Å². The van der Waals surface area contributed by atoms with Crippen LogP contribution < -0.4 is 10.2 Å². The Morgan fingerprint density at radius 2 is 2.06 bits per heavy atom. The number of morpholine rings is 1. The topological polar surface area (TPSA) is 24.5 Å². The molecule has 0 spiro atoms. The van der Waals surface area contributed by atoms with Crippen molar-refractivity contribution in [1.82, 2.24) is 5.32 Å². The molecule has 0 radical (unpaired) electrons. The number of rotatable bonds is 3. The summed E-state index contributed by atoms with van der Waals surface area (Å²) in [6.07, 6.45) is 0. The van der Waals surface area contributed by atoms with Gasteiger partial charge in [-0.25, -0.2) is 0 Å². The first kappa shape index (κ1) is 11.4. The smallest absolute Gasteiger partial charge is 0.0642 e. The van der Waals surface area contributed by atoms with Gasteiger partial charge in [-0.05, 0) is 31.7 Å². The molecule has 1 heterocycles. The first-order valence-electron chi connectivity index (χ1n) is 5.91. The highest BCUT2D eigenvalue weighted by molar-refractivity contribution is 5.49. The van der Waals surface area contributed by atoms with Crippen LogP contribution in [0.5, 0.6) is 0 Å². The van der Waals surface area contributed by atoms with Crippen molar-refractivity contribution in [2.45, 2.75) is 13.0 Å². The lowest BCUT2D eigenvalue weighted by Crippen LogP contribution is -2.36. The van der Waals surface area contributed by atoms with Crippen LogP contribution in [0.3, 0.4) is 0 Å². The molecule has 2 rings (SSSR count). The van der Waals surface area contributed by atoms with Crippen LogP contribution in [0.15, 0.2) is 24.3 Å². The van der Waals surface area contributed by atoms with E-state index in [0.717, 1.165) is 26.3 Å². The van der Waals surface area contributed by atoms with Gasteiger partial charge in [-0.3, -0.25) is 0 Å². The van der Waals surface area contributed by atoms with E-state index in [1.807, 2.05) is 7.05 Å². The van der Waals surface area contributed by atoms with E-state index in [2.05, 4.69) is 41.4 Å². The minimum absolute atomic E-state index is 0.404. The third kappa shape index (κ3) is 2.54. The van der Waals surface area contributed by atoms with Crippen LogP contribution in [-0.2, 0) is 4.74 Å². The fraction of sp³-hybridized carbons (Fsp3) is 0.538. The second kappa shape index (κ2) is 5.32. The summed E-state index contributed by atoms with van der Waals surface area (Å²) >= 11 is 0. The van der Waals surface area contributed by atoms with Crippen LogP contribution in [0.25, 0.3) is 0 Å². The number of hydrogen-bond acceptors (Lipinski definition) is 3. The molecule has 1 N–H and O–H groups in total. The van der Waals surface area contributed by atoms with Crippen LogP contribution >= 0.6 is 0 Å². The molecule has 1 atom stereocenters. The van der Waals surface area contributed by atoms with Crippen LogP contribution in [0, 0.1) is 0 Å². The van der Waals surface area contributed by atoms with Crippen LogP contribution in [0.1, 0.15) is 18.5 Å². The summed E-state index contributed by atoms with van der Waals surface area (Å²) in [4.78, 5) is 2.38. The third-order valence-electron chi connectivity index (χ3n) is 3.18. The molecule has 1 unspecified atom stereocenters. The summed E-state index contributed by atoms with van der Waals surface area (Å²) in [5.74, 6) is 0. The summed E-state index contributed by atoms with van der Waals surface area (Å²) in [6, 6.07) is 9.16. The van der Waals surface area contributed by atoms with E-state index in [-0.39, 0.29) is 0 Å². The first-order chi connectivity index (χ1) is 7.81. The van der Waals surface area contributed by atoms with E-state index in [4.69, 9.17) is 4.74 Å². The van der Waals surface area contributed by atoms with Gasteiger partial charge in [0.1, 0.15) is 0 Å². The highest BCUT2D eigenvalue weighted by Crippen LogP contribution is 2.21. The summed E-state index contributed by atoms with van der Waals surface area (Å²) in [6.45, 7) is 5.85. The average molecular weight is 220 g/mol. The molecule has 1 aliphatic heterocycles.